The maximum absolute atomic E-state index is 6.60. The Labute approximate surface area is 216 Å². The minimum absolute atomic E-state index is 0.347. The number of ether oxygens (including phenoxy) is 2. The molecule has 1 saturated heterocycles. The van der Waals surface area contributed by atoms with Crippen molar-refractivity contribution in [1.82, 2.24) is 0 Å². The van der Waals surface area contributed by atoms with Gasteiger partial charge < -0.3 is 19.7 Å². The molecule has 3 aromatic rings. The quantitative estimate of drug-likeness (QED) is 0.309. The van der Waals surface area contributed by atoms with Gasteiger partial charge in [0, 0.05) is 30.3 Å². The third kappa shape index (κ3) is 6.44. The van der Waals surface area contributed by atoms with Gasteiger partial charge in [-0.15, -0.1) is 0 Å². The number of anilines is 2. The van der Waals surface area contributed by atoms with Gasteiger partial charge in [-0.1, -0.05) is 46.9 Å². The maximum atomic E-state index is 6.60. The number of hydrogen-bond acceptors (Lipinski definition) is 4. The lowest BCUT2D eigenvalue weighted by Gasteiger charge is -2.29. The molecule has 1 heterocycles. The lowest BCUT2D eigenvalue weighted by molar-refractivity contribution is 0.269. The van der Waals surface area contributed by atoms with Crippen LogP contribution in [0.5, 0.6) is 11.5 Å². The zero-order valence-corrected chi connectivity index (χ0v) is 21.5. The van der Waals surface area contributed by atoms with E-state index in [0.29, 0.717) is 41.3 Å². The van der Waals surface area contributed by atoms with Gasteiger partial charge in [0.2, 0.25) is 0 Å². The topological polar surface area (TPSA) is 33.7 Å². The van der Waals surface area contributed by atoms with Crippen LogP contribution >= 0.6 is 34.8 Å². The number of halogens is 3. The molecule has 0 spiro atoms. The number of nitrogens with zero attached hydrogens (tertiary/aromatic N) is 1. The Morgan fingerprint density at radius 2 is 1.68 bits per heavy atom. The van der Waals surface area contributed by atoms with Crippen LogP contribution < -0.4 is 19.7 Å². The summed E-state index contributed by atoms with van der Waals surface area (Å²) in [6, 6.07) is 17.6. The van der Waals surface area contributed by atoms with Crippen molar-refractivity contribution in [3.8, 4) is 11.5 Å². The predicted octanol–water partition coefficient (Wildman–Crippen LogP) is 8.23. The Morgan fingerprint density at radius 1 is 0.853 bits per heavy atom. The van der Waals surface area contributed by atoms with Crippen LogP contribution in [0.2, 0.25) is 15.1 Å². The lowest BCUT2D eigenvalue weighted by atomic mass is 10.1. The molecule has 1 aliphatic rings. The smallest absolute Gasteiger partial charge is 0.180 e. The number of piperidine rings is 1. The van der Waals surface area contributed by atoms with E-state index in [4.69, 9.17) is 44.3 Å². The van der Waals surface area contributed by atoms with Crippen LogP contribution in [0.4, 0.5) is 11.4 Å². The second-order valence-electron chi connectivity index (χ2n) is 8.32. The molecular formula is C27H29Cl3N2O2. The van der Waals surface area contributed by atoms with Gasteiger partial charge in [0.1, 0.15) is 6.61 Å². The first-order valence-electron chi connectivity index (χ1n) is 11.6. The molecule has 4 rings (SSSR count). The minimum Gasteiger partial charge on any atom is -0.490 e. The fraction of sp³-hybridized carbons (Fsp3) is 0.333. The average molecular weight is 520 g/mol. The highest BCUT2D eigenvalue weighted by Gasteiger charge is 2.15. The standard InChI is InChI=1S/C27H29Cl3N2O2/c1-2-33-26-15-20(14-24(30)27(26)34-18-19-7-6-8-21(28)13-19)17-31-22-9-10-25(23(29)16-22)32-11-4-3-5-12-32/h6-10,13-16,31H,2-5,11-12,17-18H2,1H3. The third-order valence-corrected chi connectivity index (χ3v) is 6.60. The summed E-state index contributed by atoms with van der Waals surface area (Å²) in [5.41, 5.74) is 4.01. The van der Waals surface area contributed by atoms with E-state index in [0.717, 1.165) is 40.6 Å². The number of hydrogen-bond donors (Lipinski definition) is 1. The van der Waals surface area contributed by atoms with Crippen LogP contribution in [0, 0.1) is 0 Å². The Kier molecular flexibility index (Phi) is 8.71. The molecule has 0 radical (unpaired) electrons. The molecular weight excluding hydrogens is 491 g/mol. The molecule has 0 unspecified atom stereocenters. The van der Waals surface area contributed by atoms with Gasteiger partial charge in [-0.3, -0.25) is 0 Å². The molecule has 4 nitrogen and oxygen atoms in total. The summed E-state index contributed by atoms with van der Waals surface area (Å²) in [7, 11) is 0. The molecule has 34 heavy (non-hydrogen) atoms. The summed E-state index contributed by atoms with van der Waals surface area (Å²) < 4.78 is 11.8. The molecule has 3 aromatic carbocycles. The molecule has 0 amide bonds. The van der Waals surface area contributed by atoms with Crippen LogP contribution in [0.3, 0.4) is 0 Å². The number of rotatable bonds is 9. The van der Waals surface area contributed by atoms with Gasteiger partial charge in [0.25, 0.3) is 0 Å². The van der Waals surface area contributed by atoms with Gasteiger partial charge in [-0.05, 0) is 79.8 Å². The predicted molar refractivity (Wildman–Crippen MR) is 143 cm³/mol. The van der Waals surface area contributed by atoms with Crippen LogP contribution in [-0.2, 0) is 13.2 Å². The van der Waals surface area contributed by atoms with Crippen molar-refractivity contribution in [3.63, 3.8) is 0 Å². The van der Waals surface area contributed by atoms with Crippen LogP contribution in [0.1, 0.15) is 37.3 Å². The fourth-order valence-corrected chi connectivity index (χ4v) is 4.92. The van der Waals surface area contributed by atoms with Crippen LogP contribution in [0.15, 0.2) is 54.6 Å². The average Bonchev–Trinajstić information content (AvgIpc) is 2.83. The Bertz CT molecular complexity index is 1120. The fourth-order valence-electron chi connectivity index (χ4n) is 4.12. The van der Waals surface area contributed by atoms with Gasteiger partial charge in [-0.25, -0.2) is 0 Å². The van der Waals surface area contributed by atoms with Crippen LogP contribution in [-0.4, -0.2) is 19.7 Å². The second-order valence-corrected chi connectivity index (χ2v) is 9.57. The highest BCUT2D eigenvalue weighted by atomic mass is 35.5. The van der Waals surface area contributed by atoms with Crippen molar-refractivity contribution in [3.05, 3.63) is 80.8 Å². The maximum Gasteiger partial charge on any atom is 0.180 e. The van der Waals surface area contributed by atoms with E-state index < -0.39 is 0 Å². The van der Waals surface area contributed by atoms with Crippen molar-refractivity contribution in [2.24, 2.45) is 0 Å². The van der Waals surface area contributed by atoms with E-state index in [1.807, 2.05) is 49.4 Å². The summed E-state index contributed by atoms with van der Waals surface area (Å²) in [6.45, 7) is 5.50. The molecule has 7 heteroatoms. The zero-order valence-electron chi connectivity index (χ0n) is 19.3. The molecule has 0 bridgehead atoms. The van der Waals surface area contributed by atoms with Gasteiger partial charge in [0.15, 0.2) is 11.5 Å². The monoisotopic (exact) mass is 518 g/mol. The van der Waals surface area contributed by atoms with Gasteiger partial charge in [0.05, 0.1) is 22.3 Å². The lowest BCUT2D eigenvalue weighted by Crippen LogP contribution is -2.29. The van der Waals surface area contributed by atoms with Gasteiger partial charge >= 0.3 is 0 Å². The van der Waals surface area contributed by atoms with Crippen molar-refractivity contribution in [1.29, 1.82) is 0 Å². The number of benzene rings is 3. The largest absolute Gasteiger partial charge is 0.490 e. The summed E-state index contributed by atoms with van der Waals surface area (Å²) >= 11 is 19.3. The highest BCUT2D eigenvalue weighted by Crippen LogP contribution is 2.38. The summed E-state index contributed by atoms with van der Waals surface area (Å²) in [5.74, 6) is 1.15. The van der Waals surface area contributed by atoms with E-state index in [-0.39, 0.29) is 0 Å². The minimum atomic E-state index is 0.347. The summed E-state index contributed by atoms with van der Waals surface area (Å²) in [4.78, 5) is 2.37. The van der Waals surface area contributed by atoms with Crippen molar-refractivity contribution in [2.75, 3.05) is 29.9 Å². The van der Waals surface area contributed by atoms with Crippen molar-refractivity contribution >= 4 is 46.2 Å². The molecule has 1 fully saturated rings. The van der Waals surface area contributed by atoms with E-state index in [1.165, 1.54) is 19.3 Å². The molecule has 0 saturated carbocycles. The summed E-state index contributed by atoms with van der Waals surface area (Å²) in [6.07, 6.45) is 3.74. The van der Waals surface area contributed by atoms with E-state index in [9.17, 15) is 0 Å². The second kappa shape index (κ2) is 11.9. The first-order valence-corrected chi connectivity index (χ1v) is 12.8. The third-order valence-electron chi connectivity index (χ3n) is 5.78. The SMILES string of the molecule is CCOc1cc(CNc2ccc(N3CCCCC3)c(Cl)c2)cc(Cl)c1OCc1cccc(Cl)c1. The first kappa shape index (κ1) is 24.8. The molecule has 0 aromatic heterocycles. The van der Waals surface area contributed by atoms with Crippen LogP contribution in [0.25, 0.3) is 0 Å². The Hall–Kier alpha value is -2.27. The Morgan fingerprint density at radius 3 is 2.41 bits per heavy atom. The molecule has 0 aliphatic carbocycles. The van der Waals surface area contributed by atoms with Gasteiger partial charge in [-0.2, -0.15) is 0 Å². The highest BCUT2D eigenvalue weighted by molar-refractivity contribution is 6.33. The van der Waals surface area contributed by atoms with E-state index >= 15 is 0 Å². The van der Waals surface area contributed by atoms with E-state index in [1.54, 1.807) is 0 Å². The first-order chi connectivity index (χ1) is 16.5. The van der Waals surface area contributed by atoms with E-state index in [2.05, 4.69) is 22.3 Å². The molecule has 1 aliphatic heterocycles. The summed E-state index contributed by atoms with van der Waals surface area (Å²) in [5, 5.41) is 5.38. The zero-order chi connectivity index (χ0) is 23.9. The normalized spacial score (nSPS) is 13.6. The number of nitrogens with one attached hydrogen (secondary N) is 1. The van der Waals surface area contributed by atoms with Crippen molar-refractivity contribution < 1.29 is 9.47 Å². The molecule has 180 valence electrons. The van der Waals surface area contributed by atoms with Crippen molar-refractivity contribution in [2.45, 2.75) is 39.3 Å². The Balaban J connectivity index is 1.44. The molecule has 1 N–H and O–H groups in total. The molecule has 0 atom stereocenters.